The van der Waals surface area contributed by atoms with Crippen LogP contribution in [0.5, 0.6) is 5.75 Å². The highest BCUT2D eigenvalue weighted by molar-refractivity contribution is 7.80. The number of thiocarbonyl (C=S) groups is 1. The molecule has 5 nitrogen and oxygen atoms in total. The molecule has 34 heavy (non-hydrogen) atoms. The predicted octanol–water partition coefficient (Wildman–Crippen LogP) is 7.43. The van der Waals surface area contributed by atoms with Crippen LogP contribution >= 0.6 is 46.8 Å². The summed E-state index contributed by atoms with van der Waals surface area (Å²) in [6.07, 6.45) is 0. The minimum atomic E-state index is -0.362. The smallest absolute Gasteiger partial charge is 0.257 e. The molecule has 0 unspecified atom stereocenters. The fourth-order valence-electron chi connectivity index (χ4n) is 3.17. The largest absolute Gasteiger partial charge is 0.493 e. The van der Waals surface area contributed by atoms with Gasteiger partial charge in [-0.1, -0.05) is 55.2 Å². The number of hydrogen-bond acceptors (Lipinski definition) is 5. The average Bonchev–Trinajstić information content (AvgIpc) is 3.23. The van der Waals surface area contributed by atoms with Gasteiger partial charge in [0.05, 0.1) is 27.5 Å². The summed E-state index contributed by atoms with van der Waals surface area (Å²) >= 11 is 19.7. The maximum absolute atomic E-state index is 12.8. The number of para-hydroxylation sites is 1. The summed E-state index contributed by atoms with van der Waals surface area (Å²) in [7, 11) is 0. The van der Waals surface area contributed by atoms with E-state index in [1.165, 1.54) is 11.3 Å². The minimum Gasteiger partial charge on any atom is -0.493 e. The Hall–Kier alpha value is -2.71. The number of thiazole rings is 1. The Morgan fingerprint density at radius 1 is 1.12 bits per heavy atom. The molecule has 0 atom stereocenters. The van der Waals surface area contributed by atoms with Gasteiger partial charge >= 0.3 is 0 Å². The van der Waals surface area contributed by atoms with Crippen molar-refractivity contribution in [1.29, 1.82) is 0 Å². The molecule has 1 heterocycles. The third-order valence-corrected chi connectivity index (χ3v) is 6.51. The highest BCUT2D eigenvalue weighted by Gasteiger charge is 2.17. The summed E-state index contributed by atoms with van der Waals surface area (Å²) < 4.78 is 6.75. The molecule has 0 aliphatic carbocycles. The molecule has 9 heteroatoms. The predicted molar refractivity (Wildman–Crippen MR) is 146 cm³/mol. The average molecular weight is 531 g/mol. The SMILES string of the molecule is CC(C)COc1cccc(C(=O)NC(=S)Nc2c(Cl)cc(Cl)cc2-c2nc3ccccc3s2)c1. The van der Waals surface area contributed by atoms with Gasteiger partial charge in [-0.25, -0.2) is 4.98 Å². The van der Waals surface area contributed by atoms with E-state index >= 15 is 0 Å². The lowest BCUT2D eigenvalue weighted by Crippen LogP contribution is -2.34. The van der Waals surface area contributed by atoms with Crippen molar-refractivity contribution in [3.8, 4) is 16.3 Å². The van der Waals surface area contributed by atoms with E-state index in [4.69, 9.17) is 45.1 Å². The first-order valence-corrected chi connectivity index (χ1v) is 12.5. The summed E-state index contributed by atoms with van der Waals surface area (Å²) in [5, 5.41) is 7.42. The van der Waals surface area contributed by atoms with E-state index < -0.39 is 0 Å². The molecule has 0 radical (unpaired) electrons. The Kier molecular flexibility index (Phi) is 7.68. The van der Waals surface area contributed by atoms with Gasteiger partial charge in [0.2, 0.25) is 0 Å². The lowest BCUT2D eigenvalue weighted by Gasteiger charge is -2.15. The molecule has 1 amide bonds. The standard InChI is InChI=1S/C25H21Cl2N3O2S2/c1-14(2)13-32-17-7-5-6-15(10-17)23(31)30-25(33)29-22-18(11-16(26)12-19(22)27)24-28-20-8-3-4-9-21(20)34-24/h3-12,14H,13H2,1-2H3,(H2,29,30,31,33). The van der Waals surface area contributed by atoms with Gasteiger partial charge in [0.15, 0.2) is 5.11 Å². The van der Waals surface area contributed by atoms with Gasteiger partial charge in [0.1, 0.15) is 10.8 Å². The summed E-state index contributed by atoms with van der Waals surface area (Å²) in [4.78, 5) is 17.5. The molecule has 0 aliphatic heterocycles. The molecule has 4 aromatic rings. The van der Waals surface area contributed by atoms with Crippen molar-refractivity contribution in [2.45, 2.75) is 13.8 Å². The van der Waals surface area contributed by atoms with Crippen molar-refractivity contribution < 1.29 is 9.53 Å². The van der Waals surface area contributed by atoms with Gasteiger partial charge in [-0.05, 0) is 60.6 Å². The Morgan fingerprint density at radius 3 is 2.68 bits per heavy atom. The van der Waals surface area contributed by atoms with Crippen molar-refractivity contribution in [2.75, 3.05) is 11.9 Å². The number of aromatic nitrogens is 1. The molecule has 3 aromatic carbocycles. The number of amides is 1. The van der Waals surface area contributed by atoms with Gasteiger partial charge in [-0.2, -0.15) is 0 Å². The van der Waals surface area contributed by atoms with Crippen molar-refractivity contribution in [3.05, 3.63) is 76.3 Å². The lowest BCUT2D eigenvalue weighted by molar-refractivity contribution is 0.0977. The van der Waals surface area contributed by atoms with Gasteiger partial charge in [-0.15, -0.1) is 11.3 Å². The zero-order chi connectivity index (χ0) is 24.2. The lowest BCUT2D eigenvalue weighted by atomic mass is 10.2. The molecule has 0 bridgehead atoms. The zero-order valence-corrected chi connectivity index (χ0v) is 21.5. The van der Waals surface area contributed by atoms with Crippen LogP contribution in [0, 0.1) is 5.92 Å². The van der Waals surface area contributed by atoms with Crippen LogP contribution in [0.1, 0.15) is 24.2 Å². The first-order valence-electron chi connectivity index (χ1n) is 10.5. The van der Waals surface area contributed by atoms with Gasteiger partial charge < -0.3 is 10.1 Å². The first-order chi connectivity index (χ1) is 16.3. The second-order valence-electron chi connectivity index (χ2n) is 7.94. The van der Waals surface area contributed by atoms with Gasteiger partial charge in [0.25, 0.3) is 5.91 Å². The second-order valence-corrected chi connectivity index (χ2v) is 10.2. The van der Waals surface area contributed by atoms with Crippen LogP contribution in [0.4, 0.5) is 5.69 Å². The number of ether oxygens (including phenoxy) is 1. The Labute approximate surface area is 217 Å². The molecule has 174 valence electrons. The molecule has 0 spiro atoms. The van der Waals surface area contributed by atoms with Crippen molar-refractivity contribution >= 4 is 73.7 Å². The van der Waals surface area contributed by atoms with E-state index in [1.807, 2.05) is 30.3 Å². The quantitative estimate of drug-likeness (QED) is 0.254. The van der Waals surface area contributed by atoms with E-state index in [2.05, 4.69) is 24.5 Å². The molecule has 2 N–H and O–H groups in total. The Bertz CT molecular complexity index is 1340. The Morgan fingerprint density at radius 2 is 1.91 bits per heavy atom. The molecular weight excluding hydrogens is 509 g/mol. The van der Waals surface area contributed by atoms with E-state index in [-0.39, 0.29) is 11.0 Å². The number of nitrogens with zero attached hydrogens (tertiary/aromatic N) is 1. The van der Waals surface area contributed by atoms with Crippen LogP contribution in [0.15, 0.2) is 60.7 Å². The highest BCUT2D eigenvalue weighted by atomic mass is 35.5. The molecule has 0 saturated heterocycles. The fourth-order valence-corrected chi connectivity index (χ4v) is 4.89. The van der Waals surface area contributed by atoms with Crippen molar-refractivity contribution in [2.24, 2.45) is 5.92 Å². The Balaban J connectivity index is 1.54. The van der Waals surface area contributed by atoms with Crippen LogP contribution in [0.2, 0.25) is 10.0 Å². The molecule has 0 saturated carbocycles. The highest BCUT2D eigenvalue weighted by Crippen LogP contribution is 2.40. The maximum atomic E-state index is 12.8. The molecule has 0 aliphatic rings. The topological polar surface area (TPSA) is 63.2 Å². The van der Waals surface area contributed by atoms with Crippen LogP contribution in [0.25, 0.3) is 20.8 Å². The van der Waals surface area contributed by atoms with Crippen molar-refractivity contribution in [3.63, 3.8) is 0 Å². The number of hydrogen-bond donors (Lipinski definition) is 2. The third-order valence-electron chi connectivity index (χ3n) is 4.72. The van der Waals surface area contributed by atoms with Gasteiger partial charge in [-0.3, -0.25) is 10.1 Å². The number of carbonyl (C=O) groups is 1. The summed E-state index contributed by atoms with van der Waals surface area (Å²) in [6.45, 7) is 4.69. The number of halogens is 2. The third kappa shape index (κ3) is 5.85. The monoisotopic (exact) mass is 529 g/mol. The van der Waals surface area contributed by atoms with E-state index in [0.717, 1.165) is 15.2 Å². The number of carbonyl (C=O) groups excluding carboxylic acids is 1. The fraction of sp³-hybridized carbons (Fsp3) is 0.160. The van der Waals surface area contributed by atoms with Crippen LogP contribution in [0.3, 0.4) is 0 Å². The summed E-state index contributed by atoms with van der Waals surface area (Å²) in [5.41, 5.74) is 2.52. The van der Waals surface area contributed by atoms with Crippen molar-refractivity contribution in [1.82, 2.24) is 10.3 Å². The second kappa shape index (κ2) is 10.7. The number of nitrogens with one attached hydrogen (secondary N) is 2. The molecule has 1 aromatic heterocycles. The summed E-state index contributed by atoms with van der Waals surface area (Å²) in [5.74, 6) is 0.640. The summed E-state index contributed by atoms with van der Waals surface area (Å²) in [6, 6.07) is 18.2. The van der Waals surface area contributed by atoms with E-state index in [1.54, 1.807) is 30.3 Å². The molecule has 0 fully saturated rings. The number of fused-ring (bicyclic) bond motifs is 1. The maximum Gasteiger partial charge on any atom is 0.257 e. The first kappa shape index (κ1) is 24.4. The van der Waals surface area contributed by atoms with Crippen LogP contribution < -0.4 is 15.4 Å². The number of anilines is 1. The number of rotatable bonds is 6. The minimum absolute atomic E-state index is 0.102. The van der Waals surface area contributed by atoms with E-state index in [9.17, 15) is 4.79 Å². The van der Waals surface area contributed by atoms with Gasteiger partial charge in [0, 0.05) is 16.1 Å². The van der Waals surface area contributed by atoms with Crippen LogP contribution in [-0.4, -0.2) is 22.6 Å². The normalized spacial score (nSPS) is 11.0. The van der Waals surface area contributed by atoms with E-state index in [0.29, 0.717) is 45.1 Å². The molecular formula is C25H21Cl2N3O2S2. The van der Waals surface area contributed by atoms with Crippen LogP contribution in [-0.2, 0) is 0 Å². The number of benzene rings is 3. The molecule has 4 rings (SSSR count). The zero-order valence-electron chi connectivity index (χ0n) is 18.4.